The van der Waals surface area contributed by atoms with Crippen LogP contribution in [0, 0.1) is 34.6 Å². The van der Waals surface area contributed by atoms with Crippen LogP contribution in [-0.2, 0) is 9.59 Å². The molecular formula is C32H29N3O3. The number of carbonyl (C=O) groups is 3. The molecule has 1 aromatic heterocycles. The standard InChI is InChI=1S/C32H29N3O3/c1-20-14-16-27(17-15-20)35-31(37)28(30(36)34(32(35)38)26-11-7-6-8-12-26)19-25-18-22(3)33(24(25)5)29-13-9-10-21(2)23(29)4/h6-19H,1-5H3/b28-19+. The number of hydrogen-bond donors (Lipinski definition) is 0. The van der Waals surface area contributed by atoms with E-state index in [-0.39, 0.29) is 5.57 Å². The van der Waals surface area contributed by atoms with Gasteiger partial charge in [0.25, 0.3) is 11.8 Å². The van der Waals surface area contributed by atoms with E-state index in [1.54, 1.807) is 42.5 Å². The van der Waals surface area contributed by atoms with Gasteiger partial charge in [0.1, 0.15) is 5.57 Å². The van der Waals surface area contributed by atoms with E-state index in [0.717, 1.165) is 43.6 Å². The van der Waals surface area contributed by atoms with E-state index >= 15 is 0 Å². The molecule has 6 heteroatoms. The Morgan fingerprint density at radius 1 is 0.658 bits per heavy atom. The third-order valence-corrected chi connectivity index (χ3v) is 7.14. The normalized spacial score (nSPS) is 15.1. The molecule has 0 atom stereocenters. The first-order chi connectivity index (χ1) is 18.2. The first kappa shape index (κ1) is 25.0. The van der Waals surface area contributed by atoms with Gasteiger partial charge in [-0.1, -0.05) is 48.0 Å². The van der Waals surface area contributed by atoms with Gasteiger partial charge in [0.05, 0.1) is 11.4 Å². The second-order valence-electron chi connectivity index (χ2n) is 9.67. The number of rotatable bonds is 4. The van der Waals surface area contributed by atoms with E-state index in [0.29, 0.717) is 11.4 Å². The van der Waals surface area contributed by atoms with Crippen LogP contribution in [0.1, 0.15) is 33.6 Å². The summed E-state index contributed by atoms with van der Waals surface area (Å²) in [7, 11) is 0. The summed E-state index contributed by atoms with van der Waals surface area (Å²) in [5, 5.41) is 0. The van der Waals surface area contributed by atoms with E-state index in [2.05, 4.69) is 30.5 Å². The number of anilines is 2. The van der Waals surface area contributed by atoms with Gasteiger partial charge in [-0.15, -0.1) is 0 Å². The topological polar surface area (TPSA) is 62.6 Å². The summed E-state index contributed by atoms with van der Waals surface area (Å²) >= 11 is 0. The second kappa shape index (κ2) is 9.63. The largest absolute Gasteiger partial charge is 0.343 e. The number of imide groups is 2. The van der Waals surface area contributed by atoms with Crippen molar-refractivity contribution in [1.82, 2.24) is 4.57 Å². The highest BCUT2D eigenvalue weighted by Crippen LogP contribution is 2.32. The minimum atomic E-state index is -0.701. The van der Waals surface area contributed by atoms with Gasteiger partial charge in [-0.2, -0.15) is 0 Å². The Hall–Kier alpha value is -4.71. The van der Waals surface area contributed by atoms with Gasteiger partial charge in [-0.3, -0.25) is 9.59 Å². The van der Waals surface area contributed by atoms with Gasteiger partial charge in [-0.05, 0) is 93.8 Å². The van der Waals surface area contributed by atoms with Crippen LogP contribution in [0.2, 0.25) is 0 Å². The molecule has 0 spiro atoms. The van der Waals surface area contributed by atoms with Crippen molar-refractivity contribution in [2.45, 2.75) is 34.6 Å². The molecule has 0 bridgehead atoms. The monoisotopic (exact) mass is 503 g/mol. The number of nitrogens with zero attached hydrogens (tertiary/aromatic N) is 3. The van der Waals surface area contributed by atoms with E-state index < -0.39 is 17.8 Å². The Labute approximate surface area is 222 Å². The van der Waals surface area contributed by atoms with Crippen LogP contribution < -0.4 is 9.80 Å². The maximum Gasteiger partial charge on any atom is 0.343 e. The first-order valence-corrected chi connectivity index (χ1v) is 12.5. The van der Waals surface area contributed by atoms with E-state index in [1.165, 1.54) is 5.56 Å². The third kappa shape index (κ3) is 4.14. The number of aromatic nitrogens is 1. The predicted molar refractivity (Wildman–Crippen MR) is 151 cm³/mol. The lowest BCUT2D eigenvalue weighted by atomic mass is 10.0. The van der Waals surface area contributed by atoms with Crippen LogP contribution in [0.15, 0.2) is 84.4 Å². The molecule has 1 aliphatic heterocycles. The summed E-state index contributed by atoms with van der Waals surface area (Å²) in [5.74, 6) is -1.29. The van der Waals surface area contributed by atoms with Crippen molar-refractivity contribution in [2.75, 3.05) is 9.80 Å². The van der Waals surface area contributed by atoms with Crippen LogP contribution in [0.3, 0.4) is 0 Å². The quantitative estimate of drug-likeness (QED) is 0.233. The number of benzene rings is 3. The molecule has 6 nitrogen and oxygen atoms in total. The minimum Gasteiger partial charge on any atom is -0.318 e. The van der Waals surface area contributed by atoms with Gasteiger partial charge in [0.2, 0.25) is 0 Å². The highest BCUT2D eigenvalue weighted by Gasteiger charge is 2.43. The molecule has 1 fully saturated rings. The number of aryl methyl sites for hydroxylation is 3. The van der Waals surface area contributed by atoms with Crippen molar-refractivity contribution in [1.29, 1.82) is 0 Å². The Morgan fingerprint density at radius 2 is 1.26 bits per heavy atom. The number of carbonyl (C=O) groups excluding carboxylic acids is 3. The van der Waals surface area contributed by atoms with E-state index in [4.69, 9.17) is 0 Å². The lowest BCUT2D eigenvalue weighted by molar-refractivity contribution is -0.121. The number of urea groups is 1. The molecule has 1 saturated heterocycles. The fourth-order valence-electron chi connectivity index (χ4n) is 4.89. The number of hydrogen-bond acceptors (Lipinski definition) is 3. The molecule has 38 heavy (non-hydrogen) atoms. The average Bonchev–Trinajstić information content (AvgIpc) is 3.17. The molecule has 4 aromatic rings. The van der Waals surface area contributed by atoms with Crippen LogP contribution in [0.4, 0.5) is 16.2 Å². The van der Waals surface area contributed by atoms with Crippen molar-refractivity contribution in [2.24, 2.45) is 0 Å². The molecule has 3 aromatic carbocycles. The molecule has 1 aliphatic rings. The van der Waals surface area contributed by atoms with Crippen LogP contribution >= 0.6 is 0 Å². The summed E-state index contributed by atoms with van der Waals surface area (Å²) < 4.78 is 2.13. The maximum atomic E-state index is 13.8. The average molecular weight is 504 g/mol. The van der Waals surface area contributed by atoms with Crippen molar-refractivity contribution < 1.29 is 14.4 Å². The molecule has 0 N–H and O–H groups in total. The lowest BCUT2D eigenvalue weighted by Gasteiger charge is -2.34. The number of para-hydroxylation sites is 1. The van der Waals surface area contributed by atoms with E-state index in [1.807, 2.05) is 51.1 Å². The lowest BCUT2D eigenvalue weighted by Crippen LogP contribution is -2.57. The summed E-state index contributed by atoms with van der Waals surface area (Å²) in [4.78, 5) is 43.2. The summed E-state index contributed by atoms with van der Waals surface area (Å²) in [6.45, 7) is 10.1. The van der Waals surface area contributed by atoms with Gasteiger partial charge in [-0.25, -0.2) is 14.6 Å². The molecular weight excluding hydrogens is 474 g/mol. The van der Waals surface area contributed by atoms with Gasteiger partial charge in [0.15, 0.2) is 0 Å². The highest BCUT2D eigenvalue weighted by atomic mass is 16.2. The molecule has 0 saturated carbocycles. The minimum absolute atomic E-state index is 0.0738. The summed E-state index contributed by atoms with van der Waals surface area (Å²) in [6, 6.07) is 23.2. The highest BCUT2D eigenvalue weighted by molar-refractivity contribution is 6.46. The molecule has 190 valence electrons. The Bertz CT molecular complexity index is 1610. The second-order valence-corrected chi connectivity index (χ2v) is 9.67. The zero-order valence-corrected chi connectivity index (χ0v) is 22.1. The molecule has 0 aliphatic carbocycles. The fraction of sp³-hybridized carbons (Fsp3) is 0.156. The predicted octanol–water partition coefficient (Wildman–Crippen LogP) is 6.60. The Morgan fingerprint density at radius 3 is 1.89 bits per heavy atom. The molecule has 4 amide bonds. The number of barbiturate groups is 1. The summed E-state index contributed by atoms with van der Waals surface area (Å²) in [6.07, 6.45) is 1.61. The smallest absolute Gasteiger partial charge is 0.318 e. The Balaban J connectivity index is 1.67. The van der Waals surface area contributed by atoms with Crippen LogP contribution in [0.5, 0.6) is 0 Å². The zero-order chi connectivity index (χ0) is 27.1. The fourth-order valence-corrected chi connectivity index (χ4v) is 4.89. The van der Waals surface area contributed by atoms with Gasteiger partial charge >= 0.3 is 6.03 Å². The third-order valence-electron chi connectivity index (χ3n) is 7.14. The first-order valence-electron chi connectivity index (χ1n) is 12.5. The Kier molecular flexibility index (Phi) is 6.33. The van der Waals surface area contributed by atoms with Crippen molar-refractivity contribution in [3.8, 4) is 5.69 Å². The van der Waals surface area contributed by atoms with Crippen LogP contribution in [-0.4, -0.2) is 22.4 Å². The van der Waals surface area contributed by atoms with Gasteiger partial charge in [0, 0.05) is 17.1 Å². The molecule has 0 unspecified atom stereocenters. The summed E-state index contributed by atoms with van der Waals surface area (Å²) in [5.41, 5.74) is 7.73. The SMILES string of the molecule is Cc1ccc(N2C(=O)/C(=C/c3cc(C)n(-c4cccc(C)c4C)c3C)C(=O)N(c3ccccc3)C2=O)cc1. The van der Waals surface area contributed by atoms with Crippen molar-refractivity contribution in [3.63, 3.8) is 0 Å². The van der Waals surface area contributed by atoms with Crippen LogP contribution in [0.25, 0.3) is 11.8 Å². The molecule has 5 rings (SSSR count). The van der Waals surface area contributed by atoms with Gasteiger partial charge < -0.3 is 4.57 Å². The molecule has 2 heterocycles. The van der Waals surface area contributed by atoms with E-state index in [9.17, 15) is 14.4 Å². The number of amides is 4. The zero-order valence-electron chi connectivity index (χ0n) is 22.1. The molecule has 0 radical (unpaired) electrons. The maximum absolute atomic E-state index is 13.8. The van der Waals surface area contributed by atoms with Crippen molar-refractivity contribution >= 4 is 35.3 Å². The van der Waals surface area contributed by atoms with Crippen molar-refractivity contribution in [3.05, 3.63) is 118 Å².